The van der Waals surface area contributed by atoms with Gasteiger partial charge in [0.25, 0.3) is 0 Å². The summed E-state index contributed by atoms with van der Waals surface area (Å²) in [7, 11) is 0. The standard InChI is InChI=1S/C36H70N4O3/c1-5-18-40-19-6-10-26(2)29-11-12-30-34-31(25-33(36(29,30)4)43-22-9-17-39)35(3)14-13-28(41-20-7-15-37)23-27(35)24-32(34)42-21-8-16-38/h26-34,40H,5-25,37-39H2,1-4H3/t26?,27?,28-,29?,30+,31+,32-,33+,34?,35+,36-/m1/s1. The normalized spacial score (nSPS) is 39.7. The Labute approximate surface area is 264 Å². The Balaban J connectivity index is 1.59. The van der Waals surface area contributed by atoms with Gasteiger partial charge in [0.2, 0.25) is 0 Å². The maximum absolute atomic E-state index is 6.99. The highest BCUT2D eigenvalue weighted by molar-refractivity contribution is 5.15. The first-order chi connectivity index (χ1) is 20.8. The van der Waals surface area contributed by atoms with Crippen molar-refractivity contribution in [2.24, 2.45) is 63.5 Å². The molecule has 7 N–H and O–H groups in total. The summed E-state index contributed by atoms with van der Waals surface area (Å²) < 4.78 is 20.3. The molecule has 4 saturated carbocycles. The molecule has 0 aliphatic heterocycles. The minimum absolute atomic E-state index is 0.188. The molecule has 43 heavy (non-hydrogen) atoms. The zero-order chi connectivity index (χ0) is 30.9. The van der Waals surface area contributed by atoms with Crippen molar-refractivity contribution in [2.45, 2.75) is 129 Å². The maximum Gasteiger partial charge on any atom is 0.0637 e. The fourth-order valence-electron chi connectivity index (χ4n) is 10.6. The first kappa shape index (κ1) is 35.6. The molecule has 7 heteroatoms. The van der Waals surface area contributed by atoms with Crippen molar-refractivity contribution >= 4 is 0 Å². The van der Waals surface area contributed by atoms with Gasteiger partial charge in [0.15, 0.2) is 0 Å². The van der Waals surface area contributed by atoms with Crippen molar-refractivity contribution in [3.8, 4) is 0 Å². The van der Waals surface area contributed by atoms with Crippen LogP contribution in [0.5, 0.6) is 0 Å². The lowest BCUT2D eigenvalue weighted by Crippen LogP contribution is -2.63. The molecule has 252 valence electrons. The van der Waals surface area contributed by atoms with E-state index in [0.717, 1.165) is 58.6 Å². The highest BCUT2D eigenvalue weighted by Gasteiger charge is 2.66. The highest BCUT2D eigenvalue weighted by Crippen LogP contribution is 2.69. The summed E-state index contributed by atoms with van der Waals surface area (Å²) in [6, 6.07) is 0. The predicted octanol–water partition coefficient (Wildman–Crippen LogP) is 5.48. The zero-order valence-corrected chi connectivity index (χ0v) is 28.5. The summed E-state index contributed by atoms with van der Waals surface area (Å²) in [5.74, 6) is 3.94. The molecule has 4 unspecified atom stereocenters. The van der Waals surface area contributed by atoms with E-state index >= 15 is 0 Å². The molecule has 0 amide bonds. The summed E-state index contributed by atoms with van der Waals surface area (Å²) >= 11 is 0. The molecule has 0 aromatic heterocycles. The summed E-state index contributed by atoms with van der Waals surface area (Å²) in [5.41, 5.74) is 18.2. The van der Waals surface area contributed by atoms with Gasteiger partial charge in [0.05, 0.1) is 18.3 Å². The van der Waals surface area contributed by atoms with E-state index in [0.29, 0.717) is 78.9 Å². The molecule has 0 radical (unpaired) electrons. The minimum atomic E-state index is 0.188. The zero-order valence-electron chi connectivity index (χ0n) is 28.5. The summed E-state index contributed by atoms with van der Waals surface area (Å²) in [5, 5.41) is 3.63. The molecule has 0 spiro atoms. The molecular formula is C36H70N4O3. The highest BCUT2D eigenvalue weighted by atomic mass is 16.5. The number of hydrogen-bond acceptors (Lipinski definition) is 7. The Bertz CT molecular complexity index is 802. The van der Waals surface area contributed by atoms with Gasteiger partial charge in [-0.05, 0) is 157 Å². The van der Waals surface area contributed by atoms with Gasteiger partial charge in [0, 0.05) is 25.2 Å². The van der Waals surface area contributed by atoms with Gasteiger partial charge in [-0.15, -0.1) is 0 Å². The molecular weight excluding hydrogens is 536 g/mol. The van der Waals surface area contributed by atoms with E-state index in [2.05, 4.69) is 33.0 Å². The largest absolute Gasteiger partial charge is 0.378 e. The molecule has 4 aliphatic carbocycles. The van der Waals surface area contributed by atoms with Crippen LogP contribution in [-0.2, 0) is 14.2 Å². The molecule has 0 saturated heterocycles. The summed E-state index contributed by atoms with van der Waals surface area (Å²) in [4.78, 5) is 0. The minimum Gasteiger partial charge on any atom is -0.378 e. The third-order valence-corrected chi connectivity index (χ3v) is 12.9. The van der Waals surface area contributed by atoms with Gasteiger partial charge in [-0.1, -0.05) is 27.7 Å². The van der Waals surface area contributed by atoms with Crippen LogP contribution in [0.2, 0.25) is 0 Å². The summed E-state index contributed by atoms with van der Waals surface area (Å²) in [6.45, 7) is 16.8. The van der Waals surface area contributed by atoms with E-state index < -0.39 is 0 Å². The average molecular weight is 607 g/mol. The van der Waals surface area contributed by atoms with E-state index in [9.17, 15) is 0 Å². The maximum atomic E-state index is 6.99. The lowest BCUT2D eigenvalue weighted by Gasteiger charge is -2.65. The molecule has 0 heterocycles. The van der Waals surface area contributed by atoms with E-state index in [-0.39, 0.29) is 5.41 Å². The van der Waals surface area contributed by atoms with Crippen LogP contribution in [0.15, 0.2) is 0 Å². The number of fused-ring (bicyclic) bond motifs is 5. The monoisotopic (exact) mass is 607 g/mol. The van der Waals surface area contributed by atoms with Crippen LogP contribution < -0.4 is 22.5 Å². The molecule has 0 bridgehead atoms. The number of nitrogens with two attached hydrogens (primary N) is 3. The van der Waals surface area contributed by atoms with Gasteiger partial charge in [-0.25, -0.2) is 0 Å². The number of nitrogens with one attached hydrogen (secondary N) is 1. The molecule has 11 atom stereocenters. The van der Waals surface area contributed by atoms with Crippen molar-refractivity contribution in [3.05, 3.63) is 0 Å². The van der Waals surface area contributed by atoms with Crippen LogP contribution in [0.3, 0.4) is 0 Å². The first-order valence-electron chi connectivity index (χ1n) is 18.5. The number of hydrogen-bond donors (Lipinski definition) is 4. The van der Waals surface area contributed by atoms with Gasteiger partial charge in [-0.3, -0.25) is 0 Å². The number of ether oxygens (including phenoxy) is 3. The second kappa shape index (κ2) is 17.0. The second-order valence-electron chi connectivity index (χ2n) is 15.3. The SMILES string of the molecule is CCCNCCCC(C)C1CC[C@H]2C3[C@H](OCCCN)CC4C[C@H](OCCCN)CC[C@]4(C)[C@H]3C[C@H](OCCCN)[C@]12C. The van der Waals surface area contributed by atoms with Crippen molar-refractivity contribution in [1.29, 1.82) is 0 Å². The van der Waals surface area contributed by atoms with E-state index in [1.807, 2.05) is 0 Å². The van der Waals surface area contributed by atoms with Gasteiger partial charge >= 0.3 is 0 Å². The van der Waals surface area contributed by atoms with Crippen LogP contribution in [-0.4, -0.2) is 70.9 Å². The van der Waals surface area contributed by atoms with Gasteiger partial charge in [-0.2, -0.15) is 0 Å². The predicted molar refractivity (Wildman–Crippen MR) is 178 cm³/mol. The van der Waals surface area contributed by atoms with Crippen LogP contribution in [0.1, 0.15) is 111 Å². The smallest absolute Gasteiger partial charge is 0.0637 e. The van der Waals surface area contributed by atoms with Crippen LogP contribution in [0.25, 0.3) is 0 Å². The molecule has 0 aromatic rings. The van der Waals surface area contributed by atoms with Gasteiger partial charge < -0.3 is 36.7 Å². The van der Waals surface area contributed by atoms with Crippen LogP contribution >= 0.6 is 0 Å². The quantitative estimate of drug-likeness (QED) is 0.144. The average Bonchev–Trinajstić information content (AvgIpc) is 3.36. The Morgan fingerprint density at radius 1 is 0.791 bits per heavy atom. The van der Waals surface area contributed by atoms with Crippen molar-refractivity contribution in [1.82, 2.24) is 5.32 Å². The lowest BCUT2D eigenvalue weighted by molar-refractivity contribution is -0.227. The lowest BCUT2D eigenvalue weighted by atomic mass is 9.43. The third-order valence-electron chi connectivity index (χ3n) is 12.9. The fourth-order valence-corrected chi connectivity index (χ4v) is 10.6. The van der Waals surface area contributed by atoms with Crippen LogP contribution in [0, 0.1) is 46.3 Å². The van der Waals surface area contributed by atoms with E-state index in [1.165, 1.54) is 57.8 Å². The first-order valence-corrected chi connectivity index (χ1v) is 18.5. The van der Waals surface area contributed by atoms with Crippen molar-refractivity contribution < 1.29 is 14.2 Å². The Hall–Kier alpha value is -0.280. The Kier molecular flexibility index (Phi) is 14.1. The molecule has 4 rings (SSSR count). The van der Waals surface area contributed by atoms with Crippen molar-refractivity contribution in [3.63, 3.8) is 0 Å². The number of rotatable bonds is 19. The Morgan fingerprint density at radius 3 is 2.19 bits per heavy atom. The molecule has 7 nitrogen and oxygen atoms in total. The second-order valence-corrected chi connectivity index (χ2v) is 15.3. The fraction of sp³-hybridized carbons (Fsp3) is 1.00. The molecule has 4 fully saturated rings. The molecule has 4 aliphatic rings. The van der Waals surface area contributed by atoms with E-state index in [4.69, 9.17) is 31.4 Å². The van der Waals surface area contributed by atoms with Gasteiger partial charge in [0.1, 0.15) is 0 Å². The third kappa shape index (κ3) is 8.00. The van der Waals surface area contributed by atoms with E-state index in [1.54, 1.807) is 0 Å². The summed E-state index contributed by atoms with van der Waals surface area (Å²) in [6.07, 6.45) is 16.2. The molecule has 0 aromatic carbocycles. The van der Waals surface area contributed by atoms with Crippen molar-refractivity contribution in [2.75, 3.05) is 52.5 Å². The van der Waals surface area contributed by atoms with Crippen LogP contribution in [0.4, 0.5) is 0 Å². The topological polar surface area (TPSA) is 118 Å². The Morgan fingerprint density at radius 2 is 1.49 bits per heavy atom.